The number of carbonyl (C=O) groups excluding carboxylic acids is 1. The van der Waals surface area contributed by atoms with Crippen LogP contribution in [0.5, 0.6) is 11.5 Å². The summed E-state index contributed by atoms with van der Waals surface area (Å²) in [4.78, 5) is 13.0. The van der Waals surface area contributed by atoms with Crippen LogP contribution in [-0.4, -0.2) is 104 Å². The molecule has 1 heterocycles. The Morgan fingerprint density at radius 1 is 0.860 bits per heavy atom. The minimum absolute atomic E-state index is 0.123. The van der Waals surface area contributed by atoms with Gasteiger partial charge in [0.1, 0.15) is 37.4 Å². The van der Waals surface area contributed by atoms with Crippen molar-refractivity contribution >= 4 is 16.0 Å². The Labute approximate surface area is 345 Å². The maximum Gasteiger partial charge on any atom is 0.264 e. The summed E-state index contributed by atoms with van der Waals surface area (Å²) in [5.41, 5.74) is 6.28. The maximum absolute atomic E-state index is 10.6. The van der Waals surface area contributed by atoms with Crippen molar-refractivity contribution in [1.29, 1.82) is 0 Å². The molecule has 2 aromatic carbocycles. The van der Waals surface area contributed by atoms with Gasteiger partial charge in [0.05, 0.1) is 24.6 Å². The average Bonchev–Trinajstić information content (AvgIpc) is 3.89. The number of hydrogen-bond donors (Lipinski definition) is 3. The summed E-state index contributed by atoms with van der Waals surface area (Å²) in [6.45, 7) is 34.4. The van der Waals surface area contributed by atoms with Crippen LogP contribution in [0.3, 0.4) is 0 Å². The molecular weight excluding hydrogens is 745 g/mol. The van der Waals surface area contributed by atoms with Crippen LogP contribution in [0.15, 0.2) is 36.9 Å². The van der Waals surface area contributed by atoms with Crippen molar-refractivity contribution in [1.82, 2.24) is 10.2 Å². The first-order valence-corrected chi connectivity index (χ1v) is 21.3. The van der Waals surface area contributed by atoms with E-state index in [9.17, 15) is 23.4 Å². The molecule has 1 fully saturated rings. The molecule has 2 aromatic rings. The Balaban J connectivity index is 0.00000100. The molecule has 1 amide bonds. The first kappa shape index (κ1) is 53.6. The number of aryl methyl sites for hydroxylation is 4. The van der Waals surface area contributed by atoms with E-state index in [-0.39, 0.29) is 31.3 Å². The van der Waals surface area contributed by atoms with Crippen LogP contribution in [0, 0.1) is 40.0 Å². The van der Waals surface area contributed by atoms with E-state index in [2.05, 4.69) is 71.9 Å². The highest BCUT2D eigenvalue weighted by Gasteiger charge is 2.29. The highest BCUT2D eigenvalue weighted by atomic mass is 32.2. The zero-order valence-electron chi connectivity index (χ0n) is 37.6. The van der Waals surface area contributed by atoms with Gasteiger partial charge in [0.25, 0.3) is 10.1 Å². The predicted octanol–water partition coefficient (Wildman–Crippen LogP) is 7.00. The normalized spacial score (nSPS) is 13.8. The number of nitrogens with one attached hydrogen (secondary N) is 1. The molecule has 0 saturated carbocycles. The fourth-order valence-electron chi connectivity index (χ4n) is 5.35. The van der Waals surface area contributed by atoms with Crippen LogP contribution in [0.4, 0.5) is 0 Å². The van der Waals surface area contributed by atoms with Gasteiger partial charge in [0, 0.05) is 24.2 Å². The lowest BCUT2D eigenvalue weighted by Crippen LogP contribution is -2.39. The molecule has 2 unspecified atom stereocenters. The molecule has 12 heteroatoms. The molecule has 1 aliphatic heterocycles. The third kappa shape index (κ3) is 26.2. The van der Waals surface area contributed by atoms with Gasteiger partial charge in [-0.3, -0.25) is 13.9 Å². The largest absolute Gasteiger partial charge is 0.490 e. The highest BCUT2D eigenvalue weighted by Crippen LogP contribution is 2.29. The molecule has 0 radical (unpaired) electrons. The van der Waals surface area contributed by atoms with Gasteiger partial charge in [-0.25, -0.2) is 0 Å². The van der Waals surface area contributed by atoms with Gasteiger partial charge in [0.2, 0.25) is 5.91 Å². The van der Waals surface area contributed by atoms with Crippen LogP contribution in [0.2, 0.25) is 0 Å². The van der Waals surface area contributed by atoms with Crippen LogP contribution in [-0.2, 0) is 30.3 Å². The first-order chi connectivity index (χ1) is 26.0. The lowest BCUT2D eigenvalue weighted by atomic mass is 9.97. The maximum atomic E-state index is 10.6. The molecule has 0 aromatic heterocycles. The molecule has 0 aliphatic carbocycles. The zero-order chi connectivity index (χ0) is 44.4. The van der Waals surface area contributed by atoms with Crippen LogP contribution >= 0.6 is 0 Å². The molecule has 11 nitrogen and oxygen atoms in total. The molecule has 3 N–H and O–H groups in total. The van der Waals surface area contributed by atoms with E-state index in [4.69, 9.17) is 20.6 Å². The Morgan fingerprint density at radius 3 is 1.53 bits per heavy atom. The molecule has 1 aliphatic rings. The quantitative estimate of drug-likeness (QED) is 0.0600. The number of terminal acetylenes is 1. The number of amides is 1. The number of rotatable bonds is 14. The Morgan fingerprint density at radius 2 is 1.28 bits per heavy atom. The van der Waals surface area contributed by atoms with E-state index in [1.807, 2.05) is 55.4 Å². The molecule has 57 heavy (non-hydrogen) atoms. The molecule has 0 spiro atoms. The number of aliphatic hydroxyl groups is 2. The third-order valence-electron chi connectivity index (χ3n) is 7.74. The lowest BCUT2D eigenvalue weighted by molar-refractivity contribution is -0.117. The predicted molar refractivity (Wildman–Crippen MR) is 233 cm³/mol. The summed E-state index contributed by atoms with van der Waals surface area (Å²) in [6, 6.07) is 8.52. The summed E-state index contributed by atoms with van der Waals surface area (Å²) in [5.74, 6) is 3.89. The van der Waals surface area contributed by atoms with Crippen molar-refractivity contribution < 1.29 is 41.8 Å². The monoisotopic (exact) mass is 819 g/mol. The van der Waals surface area contributed by atoms with Crippen LogP contribution < -0.4 is 14.8 Å². The Kier molecular flexibility index (Phi) is 23.0. The van der Waals surface area contributed by atoms with Gasteiger partial charge < -0.3 is 29.7 Å². The Hall–Kier alpha value is -3.44. The van der Waals surface area contributed by atoms with Gasteiger partial charge in [-0.2, -0.15) is 8.42 Å². The number of benzene rings is 2. The summed E-state index contributed by atoms with van der Waals surface area (Å²) >= 11 is 0. The molecule has 1 saturated heterocycles. The summed E-state index contributed by atoms with van der Waals surface area (Å²) < 4.78 is 42.3. The Bertz CT molecular complexity index is 1640. The number of hydrogen-bond acceptors (Lipinski definition) is 10. The molecule has 3 rings (SSSR count). The van der Waals surface area contributed by atoms with Crippen molar-refractivity contribution in [3.05, 3.63) is 70.3 Å². The van der Waals surface area contributed by atoms with Crippen LogP contribution in [0.25, 0.3) is 0 Å². The van der Waals surface area contributed by atoms with E-state index in [0.29, 0.717) is 18.6 Å². The summed E-state index contributed by atoms with van der Waals surface area (Å²) in [7, 11) is -3.28. The number of aliphatic hydroxyl groups excluding tert-OH is 2. The van der Waals surface area contributed by atoms with Gasteiger partial charge in [-0.1, -0.05) is 43.7 Å². The zero-order valence-corrected chi connectivity index (χ0v) is 38.4. The minimum Gasteiger partial charge on any atom is -0.490 e. The second-order valence-corrected chi connectivity index (χ2v) is 18.9. The first-order valence-electron chi connectivity index (χ1n) is 19.4. The molecule has 0 bridgehead atoms. The smallest absolute Gasteiger partial charge is 0.264 e. The third-order valence-corrected chi connectivity index (χ3v) is 8.54. The van der Waals surface area contributed by atoms with Gasteiger partial charge >= 0.3 is 0 Å². The van der Waals surface area contributed by atoms with Gasteiger partial charge in [-0.15, -0.1) is 6.42 Å². The topological polar surface area (TPSA) is 144 Å². The van der Waals surface area contributed by atoms with E-state index < -0.39 is 27.9 Å². The van der Waals surface area contributed by atoms with Crippen molar-refractivity contribution in [3.63, 3.8) is 0 Å². The van der Waals surface area contributed by atoms with Crippen molar-refractivity contribution in [2.75, 3.05) is 45.8 Å². The number of carbonyl (C=O) groups is 1. The lowest BCUT2D eigenvalue weighted by Gasteiger charge is -2.18. The molecular formula is C45H74N2O9S. The molecule has 324 valence electrons. The fraction of sp³-hybridized carbons (Fsp3) is 0.622. The van der Waals surface area contributed by atoms with Gasteiger partial charge in [0.15, 0.2) is 0 Å². The number of ether oxygens (including phenoxy) is 3. The number of nitrogens with zero attached hydrogens (tertiary/aromatic N) is 1. The highest BCUT2D eigenvalue weighted by molar-refractivity contribution is 7.86. The summed E-state index contributed by atoms with van der Waals surface area (Å²) in [5, 5.41) is 22.5. The second kappa shape index (κ2) is 24.5. The SMILES string of the molecule is C#CCOCC(O)COc1c(C)cc(Cc2cc(C)c(OCC(O)CC)c(C)c2)cc1C.C=CC(=O)NC(C)(C)C.CC(C)(C)N1CC1.CC(C)(C)OS(C)(=O)=O. The molecule has 2 atom stereocenters. The van der Waals surface area contributed by atoms with E-state index in [1.165, 1.54) is 30.3 Å². The van der Waals surface area contributed by atoms with Crippen molar-refractivity contribution in [2.24, 2.45) is 0 Å². The van der Waals surface area contributed by atoms with E-state index in [1.54, 1.807) is 20.8 Å². The fourth-order valence-corrected chi connectivity index (χ4v) is 6.26. The van der Waals surface area contributed by atoms with E-state index >= 15 is 0 Å². The standard InChI is InChI=1S/C27H36O5.C7H13NO.C6H13N.C5H12O3S/c1-7-9-30-15-25(29)17-32-27-20(5)12-23(13-21(27)6)14-22-10-18(3)26(19(4)11-22)31-16-24(28)8-2;1-5-6(9)8-7(2,3)4;1-6(2,3)7-4-5-7;1-5(2,3)8-9(4,6)7/h1,10-13,24-25,28-29H,8-9,14-17H2,2-6H3;5H,1H2,2-4H3,(H,8,9);4-5H2,1-3H3;1-4H3. The van der Waals surface area contributed by atoms with Crippen molar-refractivity contribution in [3.8, 4) is 23.8 Å². The second-order valence-electron chi connectivity index (χ2n) is 17.4. The van der Waals surface area contributed by atoms with E-state index in [0.717, 1.165) is 46.4 Å². The summed E-state index contributed by atoms with van der Waals surface area (Å²) in [6.07, 6.45) is 7.74. The van der Waals surface area contributed by atoms with Crippen molar-refractivity contribution in [2.45, 2.75) is 139 Å². The van der Waals surface area contributed by atoms with Gasteiger partial charge in [-0.05, 0) is 142 Å². The average molecular weight is 819 g/mol. The minimum atomic E-state index is -3.28. The van der Waals surface area contributed by atoms with Crippen LogP contribution in [0.1, 0.15) is 109 Å².